The lowest BCUT2D eigenvalue weighted by Crippen LogP contribution is -2.25. The molecule has 0 aliphatic carbocycles. The molecule has 1 aliphatic heterocycles. The van der Waals surface area contributed by atoms with Crippen LogP contribution in [0.2, 0.25) is 0 Å². The Labute approximate surface area is 63.6 Å². The van der Waals surface area contributed by atoms with Crippen LogP contribution in [0.3, 0.4) is 0 Å². The van der Waals surface area contributed by atoms with Gasteiger partial charge in [0.2, 0.25) is 0 Å². The fourth-order valence-electron chi connectivity index (χ4n) is 0.734. The van der Waals surface area contributed by atoms with Crippen molar-refractivity contribution in [1.29, 1.82) is 0 Å². The molecule has 1 atom stereocenters. The number of rotatable bonds is 2. The molecule has 1 rings (SSSR count). The summed E-state index contributed by atoms with van der Waals surface area (Å²) in [5.41, 5.74) is 0.142. The predicted molar refractivity (Wildman–Crippen MR) is 38.4 cm³/mol. The Kier molecular flexibility index (Phi) is 2.28. The number of ether oxygens (including phenoxy) is 1. The van der Waals surface area contributed by atoms with E-state index in [1.54, 1.807) is 0 Å². The lowest BCUT2D eigenvalue weighted by molar-refractivity contribution is -0.120. The largest absolute Gasteiger partial charge is 0.368 e. The maximum absolute atomic E-state index is 10.9. The first-order valence-electron chi connectivity index (χ1n) is 3.05. The summed E-state index contributed by atoms with van der Waals surface area (Å²) in [5.74, 6) is -0.246. The summed E-state index contributed by atoms with van der Waals surface area (Å²) in [6.07, 6.45) is 2.38. The molecule has 1 heterocycles. The maximum atomic E-state index is 10.9. The fourth-order valence-corrected chi connectivity index (χ4v) is 0.734. The molecular formula is C7H7NO3. The highest BCUT2D eigenvalue weighted by Gasteiger charge is 2.17. The normalized spacial score (nSPS) is 23.2. The van der Waals surface area contributed by atoms with Gasteiger partial charge in [-0.3, -0.25) is 14.6 Å². The van der Waals surface area contributed by atoms with Crippen molar-refractivity contribution in [3.05, 3.63) is 11.8 Å². The molecule has 0 fully saturated rings. The zero-order valence-electron chi connectivity index (χ0n) is 5.98. The molecular weight excluding hydrogens is 146 g/mol. The number of carbonyl (C=O) groups excluding carboxylic acids is 2. The molecule has 58 valence electrons. The lowest BCUT2D eigenvalue weighted by atomic mass is 10.2. The van der Waals surface area contributed by atoms with Crippen LogP contribution in [-0.2, 0) is 14.3 Å². The SMILES string of the molecule is COC1C=NC(C=O)=CC1=O. The van der Waals surface area contributed by atoms with Gasteiger partial charge in [0.25, 0.3) is 0 Å². The van der Waals surface area contributed by atoms with Crippen molar-refractivity contribution in [1.82, 2.24) is 0 Å². The predicted octanol–water partition coefficient (Wildman–Crippen LogP) is -0.262. The van der Waals surface area contributed by atoms with Crippen LogP contribution in [0, 0.1) is 0 Å². The van der Waals surface area contributed by atoms with Gasteiger partial charge in [-0.15, -0.1) is 0 Å². The Balaban J connectivity index is 2.79. The van der Waals surface area contributed by atoms with E-state index >= 15 is 0 Å². The molecule has 4 heteroatoms. The zero-order valence-corrected chi connectivity index (χ0v) is 5.98. The molecule has 4 nitrogen and oxygen atoms in total. The first kappa shape index (κ1) is 7.81. The molecule has 11 heavy (non-hydrogen) atoms. The van der Waals surface area contributed by atoms with Gasteiger partial charge < -0.3 is 4.74 Å². The van der Waals surface area contributed by atoms with Gasteiger partial charge in [-0.2, -0.15) is 0 Å². The Morgan fingerprint density at radius 1 is 1.73 bits per heavy atom. The minimum absolute atomic E-state index is 0.142. The lowest BCUT2D eigenvalue weighted by Gasteiger charge is -2.09. The van der Waals surface area contributed by atoms with E-state index in [1.165, 1.54) is 19.4 Å². The van der Waals surface area contributed by atoms with Crippen LogP contribution in [0.5, 0.6) is 0 Å². The van der Waals surface area contributed by atoms with E-state index in [-0.39, 0.29) is 11.5 Å². The Bertz CT molecular complexity index is 242. The molecule has 1 aliphatic rings. The fraction of sp³-hybridized carbons (Fsp3) is 0.286. The molecule has 0 aromatic heterocycles. The van der Waals surface area contributed by atoms with E-state index in [9.17, 15) is 9.59 Å². The summed E-state index contributed by atoms with van der Waals surface area (Å²) < 4.78 is 4.74. The second-order valence-electron chi connectivity index (χ2n) is 2.02. The van der Waals surface area contributed by atoms with Gasteiger partial charge in [0.15, 0.2) is 18.2 Å². The smallest absolute Gasteiger partial charge is 0.192 e. The molecule has 0 spiro atoms. The number of aldehydes is 1. The van der Waals surface area contributed by atoms with Crippen molar-refractivity contribution in [2.75, 3.05) is 7.11 Å². The van der Waals surface area contributed by atoms with E-state index in [4.69, 9.17) is 4.74 Å². The molecule has 0 aromatic carbocycles. The number of nitrogens with zero attached hydrogens (tertiary/aromatic N) is 1. The summed E-state index contributed by atoms with van der Waals surface area (Å²) in [6, 6.07) is 0. The first-order chi connectivity index (χ1) is 5.27. The summed E-state index contributed by atoms with van der Waals surface area (Å²) in [5, 5.41) is 0. The highest BCUT2D eigenvalue weighted by atomic mass is 16.5. The molecule has 0 N–H and O–H groups in total. The summed E-state index contributed by atoms with van der Waals surface area (Å²) >= 11 is 0. The van der Waals surface area contributed by atoms with Gasteiger partial charge in [0.1, 0.15) is 5.70 Å². The Morgan fingerprint density at radius 2 is 2.45 bits per heavy atom. The minimum Gasteiger partial charge on any atom is -0.368 e. The zero-order chi connectivity index (χ0) is 8.27. The topological polar surface area (TPSA) is 55.7 Å². The van der Waals surface area contributed by atoms with Crippen LogP contribution in [-0.4, -0.2) is 31.5 Å². The van der Waals surface area contributed by atoms with Crippen molar-refractivity contribution in [2.24, 2.45) is 4.99 Å². The molecule has 0 radical (unpaired) electrons. The van der Waals surface area contributed by atoms with E-state index in [2.05, 4.69) is 4.99 Å². The quantitative estimate of drug-likeness (QED) is 0.513. The number of ketones is 1. The van der Waals surface area contributed by atoms with Gasteiger partial charge >= 0.3 is 0 Å². The molecule has 0 saturated carbocycles. The first-order valence-corrected chi connectivity index (χ1v) is 3.05. The van der Waals surface area contributed by atoms with Crippen LogP contribution in [0.4, 0.5) is 0 Å². The van der Waals surface area contributed by atoms with Crippen LogP contribution < -0.4 is 0 Å². The third kappa shape index (κ3) is 1.59. The number of carbonyl (C=O) groups is 2. The van der Waals surface area contributed by atoms with Crippen LogP contribution in [0.1, 0.15) is 0 Å². The molecule has 0 saturated heterocycles. The molecule has 1 unspecified atom stereocenters. The maximum Gasteiger partial charge on any atom is 0.192 e. The van der Waals surface area contributed by atoms with Crippen molar-refractivity contribution in [3.63, 3.8) is 0 Å². The Hall–Kier alpha value is -1.29. The third-order valence-electron chi connectivity index (χ3n) is 1.30. The monoisotopic (exact) mass is 153 g/mol. The van der Waals surface area contributed by atoms with Crippen molar-refractivity contribution >= 4 is 18.3 Å². The van der Waals surface area contributed by atoms with E-state index in [0.717, 1.165) is 0 Å². The molecule has 0 bridgehead atoms. The summed E-state index contributed by atoms with van der Waals surface area (Å²) in [7, 11) is 1.41. The van der Waals surface area contributed by atoms with Gasteiger partial charge in [-0.1, -0.05) is 0 Å². The van der Waals surface area contributed by atoms with Gasteiger partial charge in [0.05, 0.1) is 0 Å². The second kappa shape index (κ2) is 3.21. The molecule has 0 aromatic rings. The number of methoxy groups -OCH3 is 1. The standard InChI is InChI=1S/C7H7NO3/c1-11-7-3-8-5(4-9)2-6(7)10/h2-4,7H,1H3. The highest BCUT2D eigenvalue weighted by Crippen LogP contribution is 2.03. The van der Waals surface area contributed by atoms with Gasteiger partial charge in [-0.05, 0) is 0 Å². The highest BCUT2D eigenvalue weighted by molar-refractivity contribution is 6.09. The van der Waals surface area contributed by atoms with E-state index < -0.39 is 6.10 Å². The van der Waals surface area contributed by atoms with E-state index in [0.29, 0.717) is 6.29 Å². The third-order valence-corrected chi connectivity index (χ3v) is 1.30. The summed E-state index contributed by atoms with van der Waals surface area (Å²) in [6.45, 7) is 0. The van der Waals surface area contributed by atoms with Crippen LogP contribution in [0.15, 0.2) is 16.8 Å². The van der Waals surface area contributed by atoms with Crippen molar-refractivity contribution in [3.8, 4) is 0 Å². The number of aliphatic imine (C=N–C) groups is 1. The average Bonchev–Trinajstić information content (AvgIpc) is 2.04. The van der Waals surface area contributed by atoms with Crippen molar-refractivity contribution in [2.45, 2.75) is 6.10 Å². The number of hydrogen-bond donors (Lipinski definition) is 0. The minimum atomic E-state index is -0.626. The van der Waals surface area contributed by atoms with Crippen LogP contribution >= 0.6 is 0 Å². The Morgan fingerprint density at radius 3 is 2.91 bits per heavy atom. The second-order valence-corrected chi connectivity index (χ2v) is 2.02. The number of hydrogen-bond acceptors (Lipinski definition) is 4. The molecule has 0 amide bonds. The summed E-state index contributed by atoms with van der Waals surface area (Å²) in [4.78, 5) is 24.7. The van der Waals surface area contributed by atoms with Gasteiger partial charge in [-0.25, -0.2) is 0 Å². The average molecular weight is 153 g/mol. The van der Waals surface area contributed by atoms with E-state index in [1.807, 2.05) is 0 Å². The van der Waals surface area contributed by atoms with Crippen LogP contribution in [0.25, 0.3) is 0 Å². The van der Waals surface area contributed by atoms with Crippen molar-refractivity contribution < 1.29 is 14.3 Å². The van der Waals surface area contributed by atoms with Gasteiger partial charge in [0, 0.05) is 19.4 Å². The number of allylic oxidation sites excluding steroid dienone is 1.